The predicted molar refractivity (Wildman–Crippen MR) is 84.1 cm³/mol. The van der Waals surface area contributed by atoms with Crippen LogP contribution in [0.5, 0.6) is 5.75 Å². The molecule has 1 aliphatic rings. The summed E-state index contributed by atoms with van der Waals surface area (Å²) in [6, 6.07) is 3.62. The average molecular weight is 353 g/mol. The third kappa shape index (κ3) is 3.33. The molecule has 5 nitrogen and oxygen atoms in total. The van der Waals surface area contributed by atoms with Gasteiger partial charge in [0.25, 0.3) is 12.3 Å². The van der Waals surface area contributed by atoms with Gasteiger partial charge in [-0.3, -0.25) is 9.48 Å². The Balaban J connectivity index is 1.85. The van der Waals surface area contributed by atoms with Crippen LogP contribution in [-0.4, -0.2) is 22.3 Å². The van der Waals surface area contributed by atoms with Crippen LogP contribution in [0.1, 0.15) is 47.9 Å². The fourth-order valence-electron chi connectivity index (χ4n) is 2.88. The van der Waals surface area contributed by atoms with E-state index in [4.69, 9.17) is 4.74 Å². The summed E-state index contributed by atoms with van der Waals surface area (Å²) in [5, 5.41) is 6.47. The molecule has 1 unspecified atom stereocenters. The van der Waals surface area contributed by atoms with E-state index in [0.29, 0.717) is 5.75 Å². The molecule has 1 amide bonds. The zero-order valence-corrected chi connectivity index (χ0v) is 13.8. The van der Waals surface area contributed by atoms with Crippen molar-refractivity contribution < 1.29 is 22.7 Å². The lowest BCUT2D eigenvalue weighted by atomic mass is 10.1. The molecule has 2 heterocycles. The summed E-state index contributed by atoms with van der Waals surface area (Å²) in [5.74, 6) is -0.799. The number of benzene rings is 1. The van der Waals surface area contributed by atoms with E-state index in [9.17, 15) is 18.0 Å². The normalized spacial score (nSPS) is 16.2. The fourth-order valence-corrected chi connectivity index (χ4v) is 2.88. The molecule has 1 aliphatic heterocycles. The summed E-state index contributed by atoms with van der Waals surface area (Å²) in [6.45, 7) is 4.06. The number of aromatic nitrogens is 2. The van der Waals surface area contributed by atoms with E-state index in [1.807, 2.05) is 13.8 Å². The first-order valence-electron chi connectivity index (χ1n) is 7.94. The van der Waals surface area contributed by atoms with Crippen molar-refractivity contribution in [3.63, 3.8) is 0 Å². The van der Waals surface area contributed by atoms with Crippen molar-refractivity contribution in [3.05, 3.63) is 47.0 Å². The molecular weight excluding hydrogens is 335 g/mol. The summed E-state index contributed by atoms with van der Waals surface area (Å²) in [7, 11) is 0. The highest BCUT2D eigenvalue weighted by molar-refractivity contribution is 5.95. The Morgan fingerprint density at radius 2 is 2.20 bits per heavy atom. The fraction of sp³-hybridized carbons (Fsp3) is 0.412. The second kappa shape index (κ2) is 6.78. The molecule has 0 spiro atoms. The molecule has 0 radical (unpaired) electrons. The van der Waals surface area contributed by atoms with Gasteiger partial charge in [0.1, 0.15) is 23.9 Å². The molecule has 0 bridgehead atoms. The van der Waals surface area contributed by atoms with E-state index in [1.165, 1.54) is 12.1 Å². The van der Waals surface area contributed by atoms with Gasteiger partial charge >= 0.3 is 0 Å². The monoisotopic (exact) mass is 353 g/mol. The number of nitrogens with zero attached hydrogens (tertiary/aromatic N) is 2. The Hall–Kier alpha value is -2.51. The highest BCUT2D eigenvalue weighted by Gasteiger charge is 2.31. The zero-order valence-electron chi connectivity index (χ0n) is 13.8. The number of halogens is 3. The highest BCUT2D eigenvalue weighted by Crippen LogP contribution is 2.34. The second-order valence-electron chi connectivity index (χ2n) is 6.31. The number of alkyl halides is 2. The van der Waals surface area contributed by atoms with Crippen molar-refractivity contribution in [2.45, 2.75) is 32.9 Å². The topological polar surface area (TPSA) is 56.2 Å². The van der Waals surface area contributed by atoms with Gasteiger partial charge in [0.2, 0.25) is 0 Å². The van der Waals surface area contributed by atoms with Crippen molar-refractivity contribution in [1.82, 2.24) is 15.1 Å². The molecule has 1 atom stereocenters. The molecule has 0 aliphatic carbocycles. The summed E-state index contributed by atoms with van der Waals surface area (Å²) in [6.07, 6.45) is -1.72. The first-order chi connectivity index (χ1) is 11.9. The first-order valence-corrected chi connectivity index (χ1v) is 7.94. The summed E-state index contributed by atoms with van der Waals surface area (Å²) >= 11 is 0. The lowest BCUT2D eigenvalue weighted by Crippen LogP contribution is -2.30. The maximum Gasteiger partial charge on any atom is 0.280 e. The number of carbonyl (C=O) groups is 1. The highest BCUT2D eigenvalue weighted by atomic mass is 19.3. The van der Waals surface area contributed by atoms with Crippen LogP contribution in [0.3, 0.4) is 0 Å². The van der Waals surface area contributed by atoms with Gasteiger partial charge in [-0.05, 0) is 18.1 Å². The Morgan fingerprint density at radius 1 is 1.44 bits per heavy atom. The molecule has 0 saturated heterocycles. The summed E-state index contributed by atoms with van der Waals surface area (Å²) in [5.41, 5.74) is -0.414. The molecule has 0 fully saturated rings. The van der Waals surface area contributed by atoms with Gasteiger partial charge in [0, 0.05) is 6.54 Å². The number of rotatable bonds is 5. The molecule has 1 aromatic carbocycles. The number of ether oxygens (including phenoxy) is 1. The van der Waals surface area contributed by atoms with E-state index in [2.05, 4.69) is 10.4 Å². The molecule has 1 aromatic heterocycles. The van der Waals surface area contributed by atoms with Gasteiger partial charge in [0.15, 0.2) is 0 Å². The van der Waals surface area contributed by atoms with Crippen molar-refractivity contribution in [3.8, 4) is 5.75 Å². The Labute approximate surface area is 142 Å². The van der Waals surface area contributed by atoms with Gasteiger partial charge in [-0.2, -0.15) is 5.10 Å². The van der Waals surface area contributed by atoms with Crippen LogP contribution in [0, 0.1) is 11.7 Å². The van der Waals surface area contributed by atoms with Gasteiger partial charge in [-0.1, -0.05) is 19.9 Å². The molecular formula is C17H18F3N3O2. The molecule has 25 heavy (non-hydrogen) atoms. The SMILES string of the molecule is CC(C)Cn1ncc(C(=O)NC2COc3cccc(F)c32)c1C(F)F. The molecule has 2 aromatic rings. The van der Waals surface area contributed by atoms with Crippen LogP contribution in [0.4, 0.5) is 13.2 Å². The average Bonchev–Trinajstić information content (AvgIpc) is 3.12. The van der Waals surface area contributed by atoms with Gasteiger partial charge in [0.05, 0.1) is 23.4 Å². The van der Waals surface area contributed by atoms with Crippen LogP contribution >= 0.6 is 0 Å². The quantitative estimate of drug-likeness (QED) is 0.895. The summed E-state index contributed by atoms with van der Waals surface area (Å²) in [4.78, 5) is 12.5. The first kappa shape index (κ1) is 17.3. The van der Waals surface area contributed by atoms with Crippen molar-refractivity contribution in [2.24, 2.45) is 5.92 Å². The molecule has 134 valence electrons. The third-order valence-corrected chi connectivity index (χ3v) is 3.94. The van der Waals surface area contributed by atoms with E-state index >= 15 is 0 Å². The van der Waals surface area contributed by atoms with Gasteiger partial charge in [-0.25, -0.2) is 13.2 Å². The van der Waals surface area contributed by atoms with E-state index in [-0.39, 0.29) is 30.2 Å². The Kier molecular flexibility index (Phi) is 4.69. The molecule has 1 N–H and O–H groups in total. The number of hydrogen-bond acceptors (Lipinski definition) is 3. The number of fused-ring (bicyclic) bond motifs is 1. The van der Waals surface area contributed by atoms with Crippen LogP contribution in [-0.2, 0) is 6.54 Å². The number of amides is 1. The van der Waals surface area contributed by atoms with Crippen LogP contribution in [0.2, 0.25) is 0 Å². The molecule has 8 heteroatoms. The van der Waals surface area contributed by atoms with Crippen molar-refractivity contribution >= 4 is 5.91 Å². The van der Waals surface area contributed by atoms with Crippen LogP contribution < -0.4 is 10.1 Å². The predicted octanol–water partition coefficient (Wildman–Crippen LogP) is 3.48. The summed E-state index contributed by atoms with van der Waals surface area (Å²) < 4.78 is 47.3. The van der Waals surface area contributed by atoms with Crippen molar-refractivity contribution in [1.29, 1.82) is 0 Å². The van der Waals surface area contributed by atoms with Gasteiger partial charge < -0.3 is 10.1 Å². The largest absolute Gasteiger partial charge is 0.491 e. The van der Waals surface area contributed by atoms with E-state index < -0.39 is 29.9 Å². The van der Waals surface area contributed by atoms with Gasteiger partial charge in [-0.15, -0.1) is 0 Å². The van der Waals surface area contributed by atoms with Crippen LogP contribution in [0.25, 0.3) is 0 Å². The van der Waals surface area contributed by atoms with Crippen LogP contribution in [0.15, 0.2) is 24.4 Å². The zero-order chi connectivity index (χ0) is 18.1. The maximum atomic E-state index is 14.0. The standard InChI is InChI=1S/C17H18F3N3O2/c1-9(2)7-23-15(16(19)20)10(6-21-23)17(24)22-12-8-25-13-5-3-4-11(18)14(12)13/h3-6,9,12,16H,7-8H2,1-2H3,(H,22,24). The van der Waals surface area contributed by atoms with E-state index in [0.717, 1.165) is 10.9 Å². The lowest BCUT2D eigenvalue weighted by Gasteiger charge is -2.14. The number of carbonyl (C=O) groups excluding carboxylic acids is 1. The maximum absolute atomic E-state index is 14.0. The van der Waals surface area contributed by atoms with Crippen molar-refractivity contribution in [2.75, 3.05) is 6.61 Å². The number of hydrogen-bond donors (Lipinski definition) is 1. The smallest absolute Gasteiger partial charge is 0.280 e. The minimum atomic E-state index is -2.84. The minimum absolute atomic E-state index is 0.0478. The van der Waals surface area contributed by atoms with E-state index in [1.54, 1.807) is 6.07 Å². The minimum Gasteiger partial charge on any atom is -0.491 e. The Bertz CT molecular complexity index is 789. The lowest BCUT2D eigenvalue weighted by molar-refractivity contribution is 0.0912. The molecule has 0 saturated carbocycles. The third-order valence-electron chi connectivity index (χ3n) is 3.94. The molecule has 3 rings (SSSR count). The Morgan fingerprint density at radius 3 is 2.88 bits per heavy atom. The number of nitrogens with one attached hydrogen (secondary N) is 1. The second-order valence-corrected chi connectivity index (χ2v) is 6.31.